The number of amides is 3. The van der Waals surface area contributed by atoms with Crippen molar-refractivity contribution in [3.05, 3.63) is 53.6 Å². The van der Waals surface area contributed by atoms with E-state index in [0.29, 0.717) is 25.4 Å². The number of nitrogens with one attached hydrogen (secondary N) is 2. The molecule has 1 fully saturated rings. The Labute approximate surface area is 181 Å². The van der Waals surface area contributed by atoms with Gasteiger partial charge in [0.2, 0.25) is 0 Å². The van der Waals surface area contributed by atoms with E-state index in [1.165, 1.54) is 6.07 Å². The molecule has 9 heteroatoms. The van der Waals surface area contributed by atoms with Gasteiger partial charge in [0, 0.05) is 38.4 Å². The standard InChI is InChI=1S/C22H28FN5O3/c1-4-31-22(30)27(3)18-9-10-28(14-18)13-16-6-8-19(23)20(11-16)26-21(29)25-17-7-5-15(2)24-12-17/h5-8,11-12,18H,4,9-10,13-14H2,1-3H3,(H2,25,26,29)/t18-/m1/s1. The summed E-state index contributed by atoms with van der Waals surface area (Å²) in [6, 6.07) is 7.71. The largest absolute Gasteiger partial charge is 0.450 e. The van der Waals surface area contributed by atoms with Gasteiger partial charge in [0.05, 0.1) is 24.2 Å². The molecule has 8 nitrogen and oxygen atoms in total. The molecule has 0 radical (unpaired) electrons. The molecule has 2 N–H and O–H groups in total. The van der Waals surface area contributed by atoms with Gasteiger partial charge in [0.15, 0.2) is 0 Å². The monoisotopic (exact) mass is 429 g/mol. The van der Waals surface area contributed by atoms with Gasteiger partial charge >= 0.3 is 12.1 Å². The van der Waals surface area contributed by atoms with Crippen molar-refractivity contribution in [1.29, 1.82) is 0 Å². The molecule has 1 atom stereocenters. The summed E-state index contributed by atoms with van der Waals surface area (Å²) in [5.41, 5.74) is 2.33. The van der Waals surface area contributed by atoms with Gasteiger partial charge in [-0.25, -0.2) is 14.0 Å². The van der Waals surface area contributed by atoms with Crippen LogP contribution in [0.15, 0.2) is 36.5 Å². The number of benzene rings is 1. The average Bonchev–Trinajstić information content (AvgIpc) is 3.20. The molecule has 0 bridgehead atoms. The van der Waals surface area contributed by atoms with Crippen LogP contribution in [0.25, 0.3) is 0 Å². The van der Waals surface area contributed by atoms with E-state index in [2.05, 4.69) is 20.5 Å². The van der Waals surface area contributed by atoms with Gasteiger partial charge in [-0.1, -0.05) is 6.07 Å². The molecule has 2 heterocycles. The number of hydrogen-bond acceptors (Lipinski definition) is 5. The van der Waals surface area contributed by atoms with E-state index in [-0.39, 0.29) is 17.8 Å². The highest BCUT2D eigenvalue weighted by atomic mass is 19.1. The quantitative estimate of drug-likeness (QED) is 0.729. The Morgan fingerprint density at radius 3 is 2.81 bits per heavy atom. The number of anilines is 2. The number of carbonyl (C=O) groups is 2. The smallest absolute Gasteiger partial charge is 0.409 e. The summed E-state index contributed by atoms with van der Waals surface area (Å²) in [7, 11) is 1.74. The molecule has 0 spiro atoms. The molecule has 1 aliphatic heterocycles. The second-order valence-electron chi connectivity index (χ2n) is 7.57. The van der Waals surface area contributed by atoms with Crippen LogP contribution < -0.4 is 10.6 Å². The fourth-order valence-corrected chi connectivity index (χ4v) is 3.50. The molecule has 166 valence electrons. The predicted octanol–water partition coefficient (Wildman–Crippen LogP) is 3.84. The Hall–Kier alpha value is -3.20. The predicted molar refractivity (Wildman–Crippen MR) is 116 cm³/mol. The molecule has 1 aromatic carbocycles. The topological polar surface area (TPSA) is 86.8 Å². The lowest BCUT2D eigenvalue weighted by Crippen LogP contribution is -2.39. The van der Waals surface area contributed by atoms with Crippen LogP contribution in [-0.2, 0) is 11.3 Å². The summed E-state index contributed by atoms with van der Waals surface area (Å²) in [5, 5.41) is 5.19. The van der Waals surface area contributed by atoms with E-state index in [0.717, 1.165) is 24.2 Å². The highest BCUT2D eigenvalue weighted by molar-refractivity contribution is 5.99. The molecular weight excluding hydrogens is 401 g/mol. The first kappa shape index (κ1) is 22.5. The number of pyridine rings is 1. The normalized spacial score (nSPS) is 16.1. The number of likely N-dealkylation sites (tertiary alicyclic amines) is 1. The van der Waals surface area contributed by atoms with E-state index in [4.69, 9.17) is 4.74 Å². The van der Waals surface area contributed by atoms with Crippen LogP contribution >= 0.6 is 0 Å². The Morgan fingerprint density at radius 1 is 1.29 bits per heavy atom. The average molecular weight is 429 g/mol. The number of hydrogen-bond donors (Lipinski definition) is 2. The maximum Gasteiger partial charge on any atom is 0.409 e. The van der Waals surface area contributed by atoms with Gasteiger partial charge in [-0.15, -0.1) is 0 Å². The minimum atomic E-state index is -0.543. The fourth-order valence-electron chi connectivity index (χ4n) is 3.50. The maximum absolute atomic E-state index is 14.2. The third kappa shape index (κ3) is 6.14. The van der Waals surface area contributed by atoms with E-state index < -0.39 is 11.8 Å². The van der Waals surface area contributed by atoms with Crippen molar-refractivity contribution >= 4 is 23.5 Å². The van der Waals surface area contributed by atoms with Crippen molar-refractivity contribution in [3.8, 4) is 0 Å². The molecule has 0 saturated carbocycles. The molecule has 3 amide bonds. The maximum atomic E-state index is 14.2. The number of nitrogens with zero attached hydrogens (tertiary/aromatic N) is 3. The first-order chi connectivity index (χ1) is 14.9. The van der Waals surface area contributed by atoms with Crippen LogP contribution in [-0.4, -0.2) is 59.7 Å². The van der Waals surface area contributed by atoms with Gasteiger partial charge < -0.3 is 20.3 Å². The first-order valence-electron chi connectivity index (χ1n) is 10.3. The van der Waals surface area contributed by atoms with Crippen molar-refractivity contribution in [2.24, 2.45) is 0 Å². The minimum absolute atomic E-state index is 0.0750. The number of ether oxygens (including phenoxy) is 1. The van der Waals surface area contributed by atoms with E-state index >= 15 is 0 Å². The summed E-state index contributed by atoms with van der Waals surface area (Å²) in [5.74, 6) is -0.512. The van der Waals surface area contributed by atoms with Crippen LogP contribution in [0.4, 0.5) is 25.4 Å². The first-order valence-corrected chi connectivity index (χ1v) is 10.3. The third-order valence-electron chi connectivity index (χ3n) is 5.21. The Kier molecular flexibility index (Phi) is 7.41. The molecule has 1 aliphatic rings. The van der Waals surface area contributed by atoms with Crippen LogP contribution in [0.1, 0.15) is 24.6 Å². The van der Waals surface area contributed by atoms with Crippen LogP contribution in [0.2, 0.25) is 0 Å². The third-order valence-corrected chi connectivity index (χ3v) is 5.21. The number of aryl methyl sites for hydroxylation is 1. The highest BCUT2D eigenvalue weighted by Crippen LogP contribution is 2.21. The minimum Gasteiger partial charge on any atom is -0.450 e. The van der Waals surface area contributed by atoms with Crippen LogP contribution in [0, 0.1) is 12.7 Å². The number of rotatable bonds is 6. The number of aromatic nitrogens is 1. The molecule has 1 saturated heterocycles. The summed E-state index contributed by atoms with van der Waals surface area (Å²) >= 11 is 0. The van der Waals surface area contributed by atoms with Crippen molar-refractivity contribution in [3.63, 3.8) is 0 Å². The van der Waals surface area contributed by atoms with Crippen molar-refractivity contribution in [2.45, 2.75) is 32.9 Å². The number of urea groups is 1. The van der Waals surface area contributed by atoms with Crippen LogP contribution in [0.5, 0.6) is 0 Å². The zero-order valence-electron chi connectivity index (χ0n) is 18.0. The lowest BCUT2D eigenvalue weighted by Gasteiger charge is -2.24. The molecular formula is C22H28FN5O3. The zero-order chi connectivity index (χ0) is 22.4. The highest BCUT2D eigenvalue weighted by Gasteiger charge is 2.29. The molecule has 2 aromatic rings. The summed E-state index contributed by atoms with van der Waals surface area (Å²) in [4.78, 5) is 32.1. The van der Waals surface area contributed by atoms with Crippen molar-refractivity contribution in [2.75, 3.05) is 37.4 Å². The number of halogens is 1. The Bertz CT molecular complexity index is 922. The molecule has 0 aliphatic carbocycles. The number of carbonyl (C=O) groups excluding carboxylic acids is 2. The summed E-state index contributed by atoms with van der Waals surface area (Å²) < 4.78 is 19.3. The van der Waals surface area contributed by atoms with E-state index in [1.807, 2.05) is 6.92 Å². The van der Waals surface area contributed by atoms with Crippen molar-refractivity contribution < 1.29 is 18.7 Å². The SMILES string of the molecule is CCOC(=O)N(C)[C@@H]1CCN(Cc2ccc(F)c(NC(=O)Nc3ccc(C)nc3)c2)C1. The van der Waals surface area contributed by atoms with Crippen molar-refractivity contribution in [1.82, 2.24) is 14.8 Å². The Balaban J connectivity index is 1.57. The van der Waals surface area contributed by atoms with Crippen LogP contribution in [0.3, 0.4) is 0 Å². The van der Waals surface area contributed by atoms with Gasteiger partial charge in [-0.2, -0.15) is 0 Å². The molecule has 0 unspecified atom stereocenters. The van der Waals surface area contributed by atoms with E-state index in [1.54, 1.807) is 49.3 Å². The van der Waals surface area contributed by atoms with Gasteiger partial charge in [-0.05, 0) is 50.1 Å². The molecule has 31 heavy (non-hydrogen) atoms. The molecule has 1 aromatic heterocycles. The second kappa shape index (κ2) is 10.2. The second-order valence-corrected chi connectivity index (χ2v) is 7.57. The lowest BCUT2D eigenvalue weighted by atomic mass is 10.2. The Morgan fingerprint density at radius 2 is 2.10 bits per heavy atom. The summed E-state index contributed by atoms with van der Waals surface area (Å²) in [6.07, 6.45) is 2.06. The number of likely N-dealkylation sites (N-methyl/N-ethyl adjacent to an activating group) is 1. The van der Waals surface area contributed by atoms with Gasteiger partial charge in [-0.3, -0.25) is 9.88 Å². The zero-order valence-corrected chi connectivity index (χ0v) is 18.0. The molecule has 3 rings (SSSR count). The van der Waals surface area contributed by atoms with Gasteiger partial charge in [0.25, 0.3) is 0 Å². The van der Waals surface area contributed by atoms with Gasteiger partial charge in [0.1, 0.15) is 5.82 Å². The fraction of sp³-hybridized carbons (Fsp3) is 0.409. The summed E-state index contributed by atoms with van der Waals surface area (Å²) in [6.45, 7) is 6.09. The lowest BCUT2D eigenvalue weighted by molar-refractivity contribution is 0.102. The van der Waals surface area contributed by atoms with E-state index in [9.17, 15) is 14.0 Å².